The lowest BCUT2D eigenvalue weighted by Crippen LogP contribution is -2.42. The number of hydrogen-bond donors (Lipinski definition) is 1. The van der Waals surface area contributed by atoms with Crippen LogP contribution in [0, 0.1) is 20.8 Å². The molecule has 0 bridgehead atoms. The monoisotopic (exact) mass is 532 g/mol. The third-order valence-electron chi connectivity index (χ3n) is 6.28. The van der Waals surface area contributed by atoms with E-state index in [1.54, 1.807) is 42.5 Å². The molecule has 0 spiro atoms. The Hall–Kier alpha value is -3.61. The molecule has 0 heterocycles. The van der Waals surface area contributed by atoms with Crippen molar-refractivity contribution < 1.29 is 13.2 Å². The fourth-order valence-corrected chi connectivity index (χ4v) is 5.71. The Labute approximate surface area is 223 Å². The second kappa shape index (κ2) is 11.2. The maximum Gasteiger partial charge on any atom is 0.264 e. The highest BCUT2D eigenvalue weighted by atomic mass is 35.5. The lowest BCUT2D eigenvalue weighted by atomic mass is 9.95. The number of hydrogen-bond acceptors (Lipinski definition) is 3. The lowest BCUT2D eigenvalue weighted by molar-refractivity contribution is -0.120. The summed E-state index contributed by atoms with van der Waals surface area (Å²) >= 11 is 6.35. The molecule has 0 saturated heterocycles. The van der Waals surface area contributed by atoms with E-state index < -0.39 is 28.5 Å². The van der Waals surface area contributed by atoms with Crippen LogP contribution >= 0.6 is 11.6 Å². The summed E-state index contributed by atoms with van der Waals surface area (Å²) < 4.78 is 28.6. The van der Waals surface area contributed by atoms with Crippen molar-refractivity contribution in [2.24, 2.45) is 0 Å². The molecule has 0 aliphatic carbocycles. The van der Waals surface area contributed by atoms with Gasteiger partial charge in [-0.05, 0) is 67.3 Å². The zero-order valence-corrected chi connectivity index (χ0v) is 22.6. The molecule has 0 unspecified atom stereocenters. The zero-order valence-electron chi connectivity index (χ0n) is 21.0. The number of benzene rings is 4. The summed E-state index contributed by atoms with van der Waals surface area (Å²) in [6.07, 6.45) is 0. The summed E-state index contributed by atoms with van der Waals surface area (Å²) in [5.41, 5.74) is 4.92. The normalized spacial score (nSPS) is 12.1. The van der Waals surface area contributed by atoms with Gasteiger partial charge in [-0.15, -0.1) is 0 Å². The van der Waals surface area contributed by atoms with Gasteiger partial charge in [0.05, 0.1) is 16.6 Å². The number of halogens is 1. The third kappa shape index (κ3) is 6.04. The maximum absolute atomic E-state index is 13.8. The van der Waals surface area contributed by atoms with Crippen molar-refractivity contribution in [2.75, 3.05) is 10.8 Å². The number of amides is 1. The van der Waals surface area contributed by atoms with E-state index >= 15 is 0 Å². The Morgan fingerprint density at radius 1 is 0.838 bits per heavy atom. The first-order chi connectivity index (χ1) is 17.7. The second-order valence-corrected chi connectivity index (χ2v) is 11.3. The van der Waals surface area contributed by atoms with Crippen molar-refractivity contribution in [3.8, 4) is 0 Å². The minimum absolute atomic E-state index is 0.0983. The fourth-order valence-electron chi connectivity index (χ4n) is 4.12. The van der Waals surface area contributed by atoms with Gasteiger partial charge in [0, 0.05) is 5.02 Å². The van der Waals surface area contributed by atoms with Crippen molar-refractivity contribution >= 4 is 33.2 Å². The minimum Gasteiger partial charge on any atom is -0.344 e. The number of anilines is 1. The molecule has 0 saturated carbocycles. The van der Waals surface area contributed by atoms with Gasteiger partial charge in [0.1, 0.15) is 6.54 Å². The van der Waals surface area contributed by atoms with Gasteiger partial charge in [0.2, 0.25) is 5.91 Å². The number of aryl methyl sites for hydroxylation is 3. The van der Waals surface area contributed by atoms with E-state index in [0.29, 0.717) is 10.7 Å². The van der Waals surface area contributed by atoms with E-state index in [9.17, 15) is 13.2 Å². The van der Waals surface area contributed by atoms with Crippen molar-refractivity contribution in [1.29, 1.82) is 0 Å². The largest absolute Gasteiger partial charge is 0.344 e. The first kappa shape index (κ1) is 26.5. The predicted molar refractivity (Wildman–Crippen MR) is 150 cm³/mol. The number of nitrogens with one attached hydrogen (secondary N) is 1. The molecular formula is C30H29ClN2O3S. The average Bonchev–Trinajstić information content (AvgIpc) is 2.89. The van der Waals surface area contributed by atoms with E-state index in [2.05, 4.69) is 5.32 Å². The SMILES string of the molecule is Cc1ccc(S(=O)(=O)N(CC(=O)N[C@H](c2ccccc2)c2ccccc2C)c2ccc(C)c(Cl)c2)cc1. The van der Waals surface area contributed by atoms with E-state index in [0.717, 1.165) is 32.1 Å². The molecule has 1 amide bonds. The first-order valence-corrected chi connectivity index (χ1v) is 13.7. The van der Waals surface area contributed by atoms with Crippen molar-refractivity contribution in [1.82, 2.24) is 5.32 Å². The van der Waals surface area contributed by atoms with Gasteiger partial charge in [-0.2, -0.15) is 0 Å². The second-order valence-electron chi connectivity index (χ2n) is 9.03. The molecule has 0 aliphatic rings. The standard InChI is InChI=1S/C30H29ClN2O3S/c1-21-13-17-26(18-14-21)37(35,36)33(25-16-15-23(3)28(31)19-25)20-29(34)32-30(24-10-5-4-6-11-24)27-12-8-7-9-22(27)2/h4-19,30H,20H2,1-3H3,(H,32,34)/t30-/m1/s1. The van der Waals surface area contributed by atoms with Crippen LogP contribution in [0.3, 0.4) is 0 Å². The molecule has 0 aromatic heterocycles. The number of rotatable bonds is 8. The quantitative estimate of drug-likeness (QED) is 0.287. The summed E-state index contributed by atoms with van der Waals surface area (Å²) in [4.78, 5) is 13.6. The molecule has 1 N–H and O–H groups in total. The molecular weight excluding hydrogens is 504 g/mol. The van der Waals surface area contributed by atoms with Crippen LogP contribution in [-0.4, -0.2) is 20.9 Å². The topological polar surface area (TPSA) is 66.5 Å². The van der Waals surface area contributed by atoms with Gasteiger partial charge in [-0.25, -0.2) is 8.42 Å². The number of nitrogens with zero attached hydrogens (tertiary/aromatic N) is 1. The Morgan fingerprint density at radius 2 is 1.49 bits per heavy atom. The van der Waals surface area contributed by atoms with Gasteiger partial charge >= 0.3 is 0 Å². The highest BCUT2D eigenvalue weighted by Gasteiger charge is 2.29. The Bertz CT molecular complexity index is 1500. The molecule has 4 rings (SSSR count). The Balaban J connectivity index is 1.72. The van der Waals surface area contributed by atoms with Crippen molar-refractivity contribution in [3.63, 3.8) is 0 Å². The van der Waals surface area contributed by atoms with E-state index in [1.165, 1.54) is 0 Å². The maximum atomic E-state index is 13.8. The number of sulfonamides is 1. The molecule has 190 valence electrons. The van der Waals surface area contributed by atoms with Crippen LogP contribution < -0.4 is 9.62 Å². The van der Waals surface area contributed by atoms with Crippen LogP contribution in [-0.2, 0) is 14.8 Å². The summed E-state index contributed by atoms with van der Waals surface area (Å²) in [6.45, 7) is 5.30. The Kier molecular flexibility index (Phi) is 8.00. The van der Waals surface area contributed by atoms with E-state index in [1.807, 2.05) is 75.4 Å². The molecule has 0 aliphatic heterocycles. The summed E-state index contributed by atoms with van der Waals surface area (Å²) in [6, 6.07) is 28.5. The highest BCUT2D eigenvalue weighted by Crippen LogP contribution is 2.29. The van der Waals surface area contributed by atoms with E-state index in [-0.39, 0.29) is 4.90 Å². The van der Waals surface area contributed by atoms with Crippen LogP contribution in [0.4, 0.5) is 5.69 Å². The van der Waals surface area contributed by atoms with Gasteiger partial charge in [-0.1, -0.05) is 90.0 Å². The highest BCUT2D eigenvalue weighted by molar-refractivity contribution is 7.92. The fraction of sp³-hybridized carbons (Fsp3) is 0.167. The Morgan fingerprint density at radius 3 is 2.14 bits per heavy atom. The number of carbonyl (C=O) groups excluding carboxylic acids is 1. The molecule has 4 aromatic carbocycles. The smallest absolute Gasteiger partial charge is 0.264 e. The predicted octanol–water partition coefficient (Wildman–Crippen LogP) is 6.37. The molecule has 7 heteroatoms. The van der Waals surface area contributed by atoms with Crippen molar-refractivity contribution in [3.05, 3.63) is 130 Å². The minimum atomic E-state index is -4.05. The molecule has 0 radical (unpaired) electrons. The molecule has 37 heavy (non-hydrogen) atoms. The van der Waals surface area contributed by atoms with Gasteiger partial charge in [0.15, 0.2) is 0 Å². The summed E-state index contributed by atoms with van der Waals surface area (Å²) in [5, 5.41) is 3.49. The van der Waals surface area contributed by atoms with Gasteiger partial charge < -0.3 is 5.32 Å². The lowest BCUT2D eigenvalue weighted by Gasteiger charge is -2.27. The third-order valence-corrected chi connectivity index (χ3v) is 8.47. The zero-order chi connectivity index (χ0) is 26.6. The van der Waals surface area contributed by atoms with Crippen molar-refractivity contribution in [2.45, 2.75) is 31.7 Å². The van der Waals surface area contributed by atoms with Gasteiger partial charge in [0.25, 0.3) is 10.0 Å². The molecule has 1 atom stereocenters. The molecule has 0 fully saturated rings. The van der Waals surface area contributed by atoms with Crippen LogP contribution in [0.25, 0.3) is 0 Å². The number of carbonyl (C=O) groups is 1. The molecule has 5 nitrogen and oxygen atoms in total. The first-order valence-electron chi connectivity index (χ1n) is 11.9. The van der Waals surface area contributed by atoms with Gasteiger partial charge in [-0.3, -0.25) is 9.10 Å². The van der Waals surface area contributed by atoms with Crippen LogP contribution in [0.2, 0.25) is 5.02 Å². The summed E-state index contributed by atoms with van der Waals surface area (Å²) in [7, 11) is -4.05. The van der Waals surface area contributed by atoms with Crippen LogP contribution in [0.5, 0.6) is 0 Å². The summed E-state index contributed by atoms with van der Waals surface area (Å²) in [5.74, 6) is -0.440. The average molecular weight is 533 g/mol. The van der Waals surface area contributed by atoms with E-state index in [4.69, 9.17) is 11.6 Å². The van der Waals surface area contributed by atoms with Crippen LogP contribution in [0.1, 0.15) is 33.9 Å². The molecule has 4 aromatic rings. The van der Waals surface area contributed by atoms with Crippen LogP contribution in [0.15, 0.2) is 102 Å².